The molecule has 0 aromatic carbocycles. The van der Waals surface area contributed by atoms with Crippen molar-refractivity contribution >= 4 is 5.97 Å². The molecule has 0 heterocycles. The minimum Gasteiger partial charge on any atom is -0.481 e. The lowest BCUT2D eigenvalue weighted by Gasteiger charge is -2.20. The van der Waals surface area contributed by atoms with Crippen molar-refractivity contribution in [2.24, 2.45) is 11.8 Å². The molecule has 0 fully saturated rings. The Balaban J connectivity index is 3.97. The molecule has 1 N–H and O–H groups in total. The summed E-state index contributed by atoms with van der Waals surface area (Å²) in [7, 11) is 0. The third-order valence-electron chi connectivity index (χ3n) is 8.61. The number of aliphatic carboxylic acids is 1. The van der Waals surface area contributed by atoms with Crippen LogP contribution in [0.4, 0.5) is 0 Å². The van der Waals surface area contributed by atoms with Gasteiger partial charge in [0.2, 0.25) is 0 Å². The summed E-state index contributed by atoms with van der Waals surface area (Å²) in [6, 6.07) is 0. The van der Waals surface area contributed by atoms with Gasteiger partial charge in [0.05, 0.1) is 5.92 Å². The number of carbonyl (C=O) groups is 1. The average molecular weight is 523 g/mol. The SMILES string of the molecule is CCCCCCCCCCCCCCCCC(CCC(CCCCCC)CCCCCCCC)C(=O)O. The maximum atomic E-state index is 11.9. The molecule has 0 aliphatic rings. The molecule has 0 amide bonds. The van der Waals surface area contributed by atoms with Gasteiger partial charge in [-0.3, -0.25) is 4.79 Å². The normalized spacial score (nSPS) is 13.2. The molecule has 0 aliphatic carbocycles. The van der Waals surface area contributed by atoms with Crippen molar-refractivity contribution in [3.05, 3.63) is 0 Å². The van der Waals surface area contributed by atoms with Crippen LogP contribution in [0.15, 0.2) is 0 Å². The molecule has 0 aromatic heterocycles. The second kappa shape index (κ2) is 30.0. The standard InChI is InChI=1S/C35H70O2/c1-4-7-10-13-15-16-17-18-19-20-21-22-24-27-30-34(35(36)37)32-31-33(28-25-12-9-6-3)29-26-23-14-11-8-5-2/h33-34H,4-32H2,1-3H3,(H,36,37). The van der Waals surface area contributed by atoms with Gasteiger partial charge < -0.3 is 5.11 Å². The zero-order valence-corrected chi connectivity index (χ0v) is 26.0. The van der Waals surface area contributed by atoms with Crippen LogP contribution in [0.25, 0.3) is 0 Å². The van der Waals surface area contributed by atoms with E-state index in [1.165, 1.54) is 161 Å². The molecular weight excluding hydrogens is 452 g/mol. The summed E-state index contributed by atoms with van der Waals surface area (Å²) in [6.45, 7) is 6.85. The maximum absolute atomic E-state index is 11.9. The predicted octanol–water partition coefficient (Wildman–Crippen LogP) is 12.7. The van der Waals surface area contributed by atoms with Gasteiger partial charge in [-0.2, -0.15) is 0 Å². The van der Waals surface area contributed by atoms with Crippen LogP contribution in [0, 0.1) is 11.8 Å². The minimum absolute atomic E-state index is 0.111. The molecule has 222 valence electrons. The minimum atomic E-state index is -0.543. The maximum Gasteiger partial charge on any atom is 0.306 e. The fraction of sp³-hybridized carbons (Fsp3) is 0.971. The quantitative estimate of drug-likeness (QED) is 0.0919. The topological polar surface area (TPSA) is 37.3 Å². The van der Waals surface area contributed by atoms with Gasteiger partial charge in [0.15, 0.2) is 0 Å². The van der Waals surface area contributed by atoms with Gasteiger partial charge >= 0.3 is 5.97 Å². The fourth-order valence-electron chi connectivity index (χ4n) is 5.92. The van der Waals surface area contributed by atoms with E-state index in [9.17, 15) is 9.90 Å². The molecule has 0 bridgehead atoms. The summed E-state index contributed by atoms with van der Waals surface area (Å²) in [4.78, 5) is 11.9. The largest absolute Gasteiger partial charge is 0.481 e. The van der Waals surface area contributed by atoms with Crippen molar-refractivity contribution in [2.45, 2.75) is 207 Å². The highest BCUT2D eigenvalue weighted by Gasteiger charge is 2.19. The van der Waals surface area contributed by atoms with Crippen molar-refractivity contribution in [3.8, 4) is 0 Å². The smallest absolute Gasteiger partial charge is 0.306 e. The summed E-state index contributed by atoms with van der Waals surface area (Å²) in [5.41, 5.74) is 0. The van der Waals surface area contributed by atoms with E-state index < -0.39 is 5.97 Å². The second-order valence-corrected chi connectivity index (χ2v) is 12.3. The van der Waals surface area contributed by atoms with Crippen molar-refractivity contribution < 1.29 is 9.90 Å². The van der Waals surface area contributed by atoms with Crippen LogP contribution in [0.5, 0.6) is 0 Å². The molecule has 2 heteroatoms. The zero-order chi connectivity index (χ0) is 27.2. The van der Waals surface area contributed by atoms with Crippen LogP contribution in [0.2, 0.25) is 0 Å². The fourth-order valence-corrected chi connectivity index (χ4v) is 5.92. The van der Waals surface area contributed by atoms with Crippen molar-refractivity contribution in [1.29, 1.82) is 0 Å². The van der Waals surface area contributed by atoms with E-state index in [-0.39, 0.29) is 5.92 Å². The van der Waals surface area contributed by atoms with Crippen LogP contribution < -0.4 is 0 Å². The molecule has 2 nitrogen and oxygen atoms in total. The van der Waals surface area contributed by atoms with Gasteiger partial charge in [-0.15, -0.1) is 0 Å². The molecule has 2 unspecified atom stereocenters. The predicted molar refractivity (Wildman–Crippen MR) is 166 cm³/mol. The van der Waals surface area contributed by atoms with Crippen molar-refractivity contribution in [1.82, 2.24) is 0 Å². The summed E-state index contributed by atoms with van der Waals surface area (Å²) in [6.07, 6.45) is 38.1. The number of carboxylic acids is 1. The Morgan fingerprint density at radius 1 is 0.405 bits per heavy atom. The van der Waals surface area contributed by atoms with Crippen LogP contribution in [-0.2, 0) is 4.79 Å². The number of carboxylic acid groups (broad SMARTS) is 1. The molecule has 0 spiro atoms. The first-order chi connectivity index (χ1) is 18.2. The van der Waals surface area contributed by atoms with E-state index in [1.54, 1.807) is 0 Å². The zero-order valence-electron chi connectivity index (χ0n) is 26.0. The molecule has 0 saturated heterocycles. The number of rotatable bonds is 31. The first-order valence-electron chi connectivity index (χ1n) is 17.4. The molecule has 37 heavy (non-hydrogen) atoms. The molecule has 2 atom stereocenters. The lowest BCUT2D eigenvalue weighted by molar-refractivity contribution is -0.142. The summed E-state index contributed by atoms with van der Waals surface area (Å²) in [5.74, 6) is 0.0974. The average Bonchev–Trinajstić information content (AvgIpc) is 2.89. The number of unbranched alkanes of at least 4 members (excludes halogenated alkanes) is 21. The Hall–Kier alpha value is -0.530. The summed E-state index contributed by atoms with van der Waals surface area (Å²) < 4.78 is 0. The first kappa shape index (κ1) is 36.5. The van der Waals surface area contributed by atoms with Gasteiger partial charge in [0.1, 0.15) is 0 Å². The van der Waals surface area contributed by atoms with Crippen molar-refractivity contribution in [3.63, 3.8) is 0 Å². The van der Waals surface area contributed by atoms with E-state index >= 15 is 0 Å². The van der Waals surface area contributed by atoms with Gasteiger partial charge in [-0.25, -0.2) is 0 Å². The molecular formula is C35H70O2. The van der Waals surface area contributed by atoms with E-state index in [0.29, 0.717) is 0 Å². The molecule has 0 radical (unpaired) electrons. The molecule has 0 aromatic rings. The van der Waals surface area contributed by atoms with Crippen LogP contribution in [0.1, 0.15) is 207 Å². The monoisotopic (exact) mass is 523 g/mol. The Kier molecular flexibility index (Phi) is 29.6. The van der Waals surface area contributed by atoms with E-state index in [0.717, 1.165) is 31.6 Å². The Morgan fingerprint density at radius 3 is 1.05 bits per heavy atom. The highest BCUT2D eigenvalue weighted by atomic mass is 16.4. The van der Waals surface area contributed by atoms with Gasteiger partial charge in [0, 0.05) is 0 Å². The third kappa shape index (κ3) is 26.8. The van der Waals surface area contributed by atoms with Gasteiger partial charge in [-0.1, -0.05) is 188 Å². The van der Waals surface area contributed by atoms with Crippen molar-refractivity contribution in [2.75, 3.05) is 0 Å². The molecule has 0 aliphatic heterocycles. The Bertz CT molecular complexity index is 447. The van der Waals surface area contributed by atoms with E-state index in [2.05, 4.69) is 20.8 Å². The first-order valence-corrected chi connectivity index (χ1v) is 17.4. The highest BCUT2D eigenvalue weighted by molar-refractivity contribution is 5.69. The lowest BCUT2D eigenvalue weighted by Crippen LogP contribution is -2.15. The van der Waals surface area contributed by atoms with Crippen LogP contribution >= 0.6 is 0 Å². The van der Waals surface area contributed by atoms with E-state index in [1.807, 2.05) is 0 Å². The molecule has 0 rings (SSSR count). The van der Waals surface area contributed by atoms with Crippen LogP contribution in [0.3, 0.4) is 0 Å². The summed E-state index contributed by atoms with van der Waals surface area (Å²) in [5, 5.41) is 9.83. The molecule has 0 saturated carbocycles. The number of hydrogen-bond acceptors (Lipinski definition) is 1. The van der Waals surface area contributed by atoms with Crippen LogP contribution in [-0.4, -0.2) is 11.1 Å². The summed E-state index contributed by atoms with van der Waals surface area (Å²) >= 11 is 0. The highest BCUT2D eigenvalue weighted by Crippen LogP contribution is 2.27. The third-order valence-corrected chi connectivity index (χ3v) is 8.61. The number of hydrogen-bond donors (Lipinski definition) is 1. The van der Waals surface area contributed by atoms with Gasteiger partial charge in [0.25, 0.3) is 0 Å². The lowest BCUT2D eigenvalue weighted by atomic mass is 9.86. The second-order valence-electron chi connectivity index (χ2n) is 12.3. The Morgan fingerprint density at radius 2 is 0.703 bits per heavy atom. The van der Waals surface area contributed by atoms with Gasteiger partial charge in [-0.05, 0) is 25.2 Å². The van der Waals surface area contributed by atoms with E-state index in [4.69, 9.17) is 0 Å². The Labute approximate surface area is 234 Å².